The van der Waals surface area contributed by atoms with Gasteiger partial charge in [-0.15, -0.1) is 0 Å². The molecule has 0 N–H and O–H groups in total. The fraction of sp³-hybridized carbons (Fsp3) is 0.250. The third-order valence-corrected chi connectivity index (χ3v) is 2.47. The molecule has 1 aliphatic carbocycles. The Kier molecular flexibility index (Phi) is 5.35. The normalized spacial score (nSPS) is 21.8. The highest BCUT2D eigenvalue weighted by Crippen LogP contribution is 2.19. The molecule has 1 aliphatic rings. The van der Waals surface area contributed by atoms with Gasteiger partial charge in [-0.05, 0) is 30.9 Å². The number of rotatable bonds is 3. The molecule has 0 spiro atoms. The molecule has 16 heavy (non-hydrogen) atoms. The standard InChI is InChI=1S/C16H20/c1-4-6-7-11-15(5-2)16-12-9-8-10-14(3)13-16/h4-14H,1-3H3/b6-4-,11-7-,15-5+. The Morgan fingerprint density at radius 2 is 2.00 bits per heavy atom. The molecule has 0 radical (unpaired) electrons. The second-order valence-corrected chi connectivity index (χ2v) is 3.85. The van der Waals surface area contributed by atoms with E-state index in [0.717, 1.165) is 0 Å². The molecule has 0 saturated heterocycles. The van der Waals surface area contributed by atoms with E-state index in [1.165, 1.54) is 11.1 Å². The van der Waals surface area contributed by atoms with E-state index in [1.54, 1.807) is 0 Å². The molecule has 1 rings (SSSR count). The van der Waals surface area contributed by atoms with E-state index in [2.05, 4.69) is 62.5 Å². The monoisotopic (exact) mass is 212 g/mol. The Bertz CT molecular complexity index is 384. The third kappa shape index (κ3) is 3.90. The molecule has 0 fully saturated rings. The Balaban J connectivity index is 2.89. The van der Waals surface area contributed by atoms with Crippen LogP contribution in [0, 0.1) is 5.92 Å². The zero-order chi connectivity index (χ0) is 11.8. The van der Waals surface area contributed by atoms with Crippen LogP contribution in [0.3, 0.4) is 0 Å². The van der Waals surface area contributed by atoms with Crippen LogP contribution in [-0.4, -0.2) is 0 Å². The Morgan fingerprint density at radius 3 is 2.69 bits per heavy atom. The third-order valence-electron chi connectivity index (χ3n) is 2.47. The average Bonchev–Trinajstić information content (AvgIpc) is 2.49. The van der Waals surface area contributed by atoms with E-state index in [-0.39, 0.29) is 0 Å². The first kappa shape index (κ1) is 12.5. The smallest absolute Gasteiger partial charge is 0.00696 e. The van der Waals surface area contributed by atoms with Crippen molar-refractivity contribution >= 4 is 0 Å². The van der Waals surface area contributed by atoms with Crippen LogP contribution in [0.1, 0.15) is 20.8 Å². The molecule has 1 unspecified atom stereocenters. The first-order chi connectivity index (χ1) is 7.77. The van der Waals surface area contributed by atoms with E-state index in [0.29, 0.717) is 5.92 Å². The summed E-state index contributed by atoms with van der Waals surface area (Å²) in [5, 5.41) is 0. The van der Waals surface area contributed by atoms with Crippen LogP contribution < -0.4 is 0 Å². The molecule has 0 aromatic rings. The molecule has 0 nitrogen and oxygen atoms in total. The molecule has 0 amide bonds. The Labute approximate surface area is 99.1 Å². The van der Waals surface area contributed by atoms with Gasteiger partial charge in [0.05, 0.1) is 0 Å². The average molecular weight is 212 g/mol. The maximum atomic E-state index is 2.29. The van der Waals surface area contributed by atoms with Gasteiger partial charge < -0.3 is 0 Å². The highest BCUT2D eigenvalue weighted by Gasteiger charge is 2.01. The summed E-state index contributed by atoms with van der Waals surface area (Å²) in [6, 6.07) is 0. The van der Waals surface area contributed by atoms with Crippen molar-refractivity contribution in [2.75, 3.05) is 0 Å². The minimum atomic E-state index is 0.495. The van der Waals surface area contributed by atoms with Gasteiger partial charge in [0.2, 0.25) is 0 Å². The Hall–Kier alpha value is -1.56. The van der Waals surface area contributed by atoms with Crippen molar-refractivity contribution in [3.63, 3.8) is 0 Å². The molecular weight excluding hydrogens is 192 g/mol. The highest BCUT2D eigenvalue weighted by atomic mass is 14.1. The second-order valence-electron chi connectivity index (χ2n) is 3.85. The first-order valence-corrected chi connectivity index (χ1v) is 5.80. The predicted octanol–water partition coefficient (Wildman–Crippen LogP) is 4.75. The largest absolute Gasteiger partial charge is 0.0877 e. The molecule has 0 heteroatoms. The SMILES string of the molecule is C\C=C/C=C\C(=C/C)C1=CC(C)C=CC=C1. The van der Waals surface area contributed by atoms with Gasteiger partial charge in [-0.1, -0.05) is 67.7 Å². The van der Waals surface area contributed by atoms with Gasteiger partial charge in [0.1, 0.15) is 0 Å². The minimum absolute atomic E-state index is 0.495. The molecule has 1 atom stereocenters. The topological polar surface area (TPSA) is 0 Å². The van der Waals surface area contributed by atoms with Crippen molar-refractivity contribution < 1.29 is 0 Å². The van der Waals surface area contributed by atoms with Gasteiger partial charge in [0, 0.05) is 0 Å². The van der Waals surface area contributed by atoms with Crippen LogP contribution in [0.4, 0.5) is 0 Å². The van der Waals surface area contributed by atoms with Gasteiger partial charge in [-0.2, -0.15) is 0 Å². The molecule has 0 heterocycles. The molecule has 0 aromatic carbocycles. The van der Waals surface area contributed by atoms with Crippen molar-refractivity contribution in [1.82, 2.24) is 0 Å². The van der Waals surface area contributed by atoms with Crippen molar-refractivity contribution in [2.24, 2.45) is 5.92 Å². The van der Waals surface area contributed by atoms with E-state index in [1.807, 2.05) is 19.1 Å². The summed E-state index contributed by atoms with van der Waals surface area (Å²) in [5.41, 5.74) is 2.56. The van der Waals surface area contributed by atoms with Crippen LogP contribution in [0.15, 0.2) is 71.9 Å². The van der Waals surface area contributed by atoms with Crippen molar-refractivity contribution in [3.05, 3.63) is 71.9 Å². The molecule has 0 aliphatic heterocycles. The first-order valence-electron chi connectivity index (χ1n) is 5.80. The quantitative estimate of drug-likeness (QED) is 0.592. The summed E-state index contributed by atoms with van der Waals surface area (Å²) in [5.74, 6) is 0.495. The van der Waals surface area contributed by atoms with Crippen LogP contribution in [0.2, 0.25) is 0 Å². The summed E-state index contributed by atoms with van der Waals surface area (Å²) in [7, 11) is 0. The van der Waals surface area contributed by atoms with Gasteiger partial charge in [0.15, 0.2) is 0 Å². The lowest BCUT2D eigenvalue weighted by molar-refractivity contribution is 0.936. The highest BCUT2D eigenvalue weighted by molar-refractivity contribution is 5.48. The van der Waals surface area contributed by atoms with Crippen LogP contribution in [0.5, 0.6) is 0 Å². The predicted molar refractivity (Wildman–Crippen MR) is 73.2 cm³/mol. The number of hydrogen-bond donors (Lipinski definition) is 0. The van der Waals surface area contributed by atoms with Crippen molar-refractivity contribution in [3.8, 4) is 0 Å². The van der Waals surface area contributed by atoms with Gasteiger partial charge in [-0.25, -0.2) is 0 Å². The van der Waals surface area contributed by atoms with Crippen LogP contribution in [0.25, 0.3) is 0 Å². The van der Waals surface area contributed by atoms with E-state index >= 15 is 0 Å². The molecule has 0 aromatic heterocycles. The van der Waals surface area contributed by atoms with E-state index < -0.39 is 0 Å². The lowest BCUT2D eigenvalue weighted by Crippen LogP contribution is -1.87. The van der Waals surface area contributed by atoms with E-state index in [4.69, 9.17) is 0 Å². The van der Waals surface area contributed by atoms with Crippen molar-refractivity contribution in [1.29, 1.82) is 0 Å². The fourth-order valence-electron chi connectivity index (χ4n) is 1.61. The number of allylic oxidation sites excluding steroid dienone is 12. The van der Waals surface area contributed by atoms with Gasteiger partial charge in [0.25, 0.3) is 0 Å². The maximum absolute atomic E-state index is 2.29. The second kappa shape index (κ2) is 6.84. The summed E-state index contributed by atoms with van der Waals surface area (Å²) >= 11 is 0. The lowest BCUT2D eigenvalue weighted by Gasteiger charge is -2.04. The lowest BCUT2D eigenvalue weighted by atomic mass is 10.0. The van der Waals surface area contributed by atoms with E-state index in [9.17, 15) is 0 Å². The molecule has 0 bridgehead atoms. The summed E-state index contributed by atoms with van der Waals surface area (Å²) < 4.78 is 0. The van der Waals surface area contributed by atoms with Crippen LogP contribution in [-0.2, 0) is 0 Å². The fourth-order valence-corrected chi connectivity index (χ4v) is 1.61. The summed E-state index contributed by atoms with van der Waals surface area (Å²) in [4.78, 5) is 0. The van der Waals surface area contributed by atoms with Gasteiger partial charge in [-0.3, -0.25) is 0 Å². The Morgan fingerprint density at radius 1 is 1.19 bits per heavy atom. The van der Waals surface area contributed by atoms with Crippen molar-refractivity contribution in [2.45, 2.75) is 20.8 Å². The zero-order valence-electron chi connectivity index (χ0n) is 10.4. The molecule has 0 saturated carbocycles. The molecule has 84 valence electrons. The molecular formula is C16H20. The minimum Gasteiger partial charge on any atom is -0.0877 e. The van der Waals surface area contributed by atoms with Crippen LogP contribution >= 0.6 is 0 Å². The van der Waals surface area contributed by atoms with Gasteiger partial charge >= 0.3 is 0 Å². The summed E-state index contributed by atoms with van der Waals surface area (Å²) in [6.07, 6.45) is 21.3. The zero-order valence-corrected chi connectivity index (χ0v) is 10.4. The number of hydrogen-bond acceptors (Lipinski definition) is 0. The maximum Gasteiger partial charge on any atom is -0.00696 e. The summed E-state index contributed by atoms with van der Waals surface area (Å²) in [6.45, 7) is 6.30.